The first-order valence-electron chi connectivity index (χ1n) is 6.34. The summed E-state index contributed by atoms with van der Waals surface area (Å²) in [6, 6.07) is 14.9. The Bertz CT molecular complexity index is 743. The van der Waals surface area contributed by atoms with Gasteiger partial charge in [-0.05, 0) is 36.8 Å². The zero-order valence-corrected chi connectivity index (χ0v) is 12.4. The predicted molar refractivity (Wildman–Crippen MR) is 81.3 cm³/mol. The first kappa shape index (κ1) is 15.1. The molecule has 5 nitrogen and oxygen atoms in total. The Morgan fingerprint density at radius 3 is 2.33 bits per heavy atom. The van der Waals surface area contributed by atoms with Crippen molar-refractivity contribution in [2.75, 3.05) is 10.8 Å². The summed E-state index contributed by atoms with van der Waals surface area (Å²) >= 11 is 0. The molecule has 0 fully saturated rings. The van der Waals surface area contributed by atoms with E-state index < -0.39 is 22.5 Å². The number of aryl methyl sites for hydroxylation is 1. The highest BCUT2D eigenvalue weighted by Crippen LogP contribution is 2.23. The van der Waals surface area contributed by atoms with Gasteiger partial charge < -0.3 is 5.73 Å². The van der Waals surface area contributed by atoms with E-state index in [0.29, 0.717) is 5.69 Å². The van der Waals surface area contributed by atoms with E-state index in [0.717, 1.165) is 9.87 Å². The number of nitrogens with two attached hydrogens (primary N) is 1. The predicted octanol–water partition coefficient (Wildman–Crippen LogP) is 1.68. The summed E-state index contributed by atoms with van der Waals surface area (Å²) in [5.74, 6) is -0.713. The van der Waals surface area contributed by atoms with Gasteiger partial charge in [0, 0.05) is 0 Å². The van der Waals surface area contributed by atoms with Gasteiger partial charge in [-0.2, -0.15) is 0 Å². The molecule has 0 heterocycles. The fraction of sp³-hybridized carbons (Fsp3) is 0.133. The maximum atomic E-state index is 12.7. The van der Waals surface area contributed by atoms with Crippen LogP contribution < -0.4 is 10.0 Å². The Hall–Kier alpha value is -2.34. The minimum Gasteiger partial charge on any atom is -0.368 e. The molecule has 2 aromatic rings. The molecular formula is C15H16N2O3S. The van der Waals surface area contributed by atoms with E-state index in [9.17, 15) is 13.2 Å². The third-order valence-electron chi connectivity index (χ3n) is 2.92. The molecule has 110 valence electrons. The molecule has 0 aromatic heterocycles. The second kappa shape index (κ2) is 5.97. The first-order chi connectivity index (χ1) is 9.91. The van der Waals surface area contributed by atoms with Crippen LogP contribution in [0.2, 0.25) is 0 Å². The van der Waals surface area contributed by atoms with Crippen molar-refractivity contribution in [1.82, 2.24) is 0 Å². The molecule has 2 rings (SSSR count). The number of rotatable bonds is 5. The van der Waals surface area contributed by atoms with Crippen molar-refractivity contribution in [2.24, 2.45) is 5.73 Å². The molecule has 0 radical (unpaired) electrons. The monoisotopic (exact) mass is 304 g/mol. The Morgan fingerprint density at radius 1 is 1.10 bits per heavy atom. The summed E-state index contributed by atoms with van der Waals surface area (Å²) in [6.07, 6.45) is 0. The van der Waals surface area contributed by atoms with Crippen LogP contribution in [0.3, 0.4) is 0 Å². The number of carbonyl (C=O) groups excluding carboxylic acids is 1. The van der Waals surface area contributed by atoms with Gasteiger partial charge in [-0.3, -0.25) is 9.10 Å². The summed E-state index contributed by atoms with van der Waals surface area (Å²) in [5.41, 5.74) is 6.41. The second-order valence-corrected chi connectivity index (χ2v) is 6.49. The van der Waals surface area contributed by atoms with Gasteiger partial charge in [-0.15, -0.1) is 0 Å². The number of nitrogens with zero attached hydrogens (tertiary/aromatic N) is 1. The lowest BCUT2D eigenvalue weighted by Crippen LogP contribution is -2.38. The van der Waals surface area contributed by atoms with E-state index in [1.54, 1.807) is 55.5 Å². The van der Waals surface area contributed by atoms with Crippen molar-refractivity contribution in [3.63, 3.8) is 0 Å². The van der Waals surface area contributed by atoms with Crippen molar-refractivity contribution < 1.29 is 13.2 Å². The summed E-state index contributed by atoms with van der Waals surface area (Å²) in [5, 5.41) is 0. The lowest BCUT2D eigenvalue weighted by molar-refractivity contribution is -0.116. The first-order valence-corrected chi connectivity index (χ1v) is 7.78. The van der Waals surface area contributed by atoms with Crippen LogP contribution in [0.4, 0.5) is 5.69 Å². The maximum Gasteiger partial charge on any atom is 0.264 e. The average molecular weight is 304 g/mol. The summed E-state index contributed by atoms with van der Waals surface area (Å²) < 4.78 is 26.5. The van der Waals surface area contributed by atoms with Gasteiger partial charge in [0.2, 0.25) is 5.91 Å². The highest BCUT2D eigenvalue weighted by Gasteiger charge is 2.26. The standard InChI is InChI=1S/C15H16N2O3S/c1-12-6-5-9-14(10-12)21(19,20)17(11-15(16)18)13-7-3-2-4-8-13/h2-10H,11H2,1H3,(H2,16,18). The molecule has 0 aliphatic heterocycles. The highest BCUT2D eigenvalue weighted by molar-refractivity contribution is 7.92. The van der Waals surface area contributed by atoms with E-state index in [1.165, 1.54) is 6.07 Å². The van der Waals surface area contributed by atoms with Gasteiger partial charge in [-0.25, -0.2) is 8.42 Å². The minimum absolute atomic E-state index is 0.132. The third kappa shape index (κ3) is 3.41. The van der Waals surface area contributed by atoms with Crippen molar-refractivity contribution in [2.45, 2.75) is 11.8 Å². The van der Waals surface area contributed by atoms with Crippen LogP contribution in [0, 0.1) is 6.92 Å². The molecule has 2 aromatic carbocycles. The van der Waals surface area contributed by atoms with Crippen molar-refractivity contribution >= 4 is 21.6 Å². The largest absolute Gasteiger partial charge is 0.368 e. The van der Waals surface area contributed by atoms with Crippen LogP contribution in [0.5, 0.6) is 0 Å². The summed E-state index contributed by atoms with van der Waals surface area (Å²) in [6.45, 7) is 1.40. The average Bonchev–Trinajstić information content (AvgIpc) is 2.45. The molecule has 0 aliphatic rings. The van der Waals surface area contributed by atoms with Crippen LogP contribution >= 0.6 is 0 Å². The third-order valence-corrected chi connectivity index (χ3v) is 4.69. The quantitative estimate of drug-likeness (QED) is 0.912. The summed E-state index contributed by atoms with van der Waals surface area (Å²) in [4.78, 5) is 11.4. The van der Waals surface area contributed by atoms with Crippen molar-refractivity contribution in [1.29, 1.82) is 0 Å². The number of sulfonamides is 1. The molecule has 1 amide bonds. The minimum atomic E-state index is -3.84. The van der Waals surface area contributed by atoms with E-state index in [4.69, 9.17) is 5.73 Å². The number of anilines is 1. The lowest BCUT2D eigenvalue weighted by Gasteiger charge is -2.23. The van der Waals surface area contributed by atoms with E-state index in [2.05, 4.69) is 0 Å². The molecule has 0 spiro atoms. The molecule has 0 bridgehead atoms. The van der Waals surface area contributed by atoms with Crippen molar-refractivity contribution in [3.05, 3.63) is 60.2 Å². The molecule has 6 heteroatoms. The maximum absolute atomic E-state index is 12.7. The Balaban J connectivity index is 2.52. The fourth-order valence-electron chi connectivity index (χ4n) is 1.95. The zero-order chi connectivity index (χ0) is 15.5. The number of amides is 1. The van der Waals surface area contributed by atoms with E-state index in [1.807, 2.05) is 0 Å². The van der Waals surface area contributed by atoms with Gasteiger partial charge in [0.15, 0.2) is 0 Å². The normalized spacial score (nSPS) is 11.1. The van der Waals surface area contributed by atoms with E-state index >= 15 is 0 Å². The number of hydrogen-bond acceptors (Lipinski definition) is 3. The lowest BCUT2D eigenvalue weighted by atomic mass is 10.2. The molecule has 21 heavy (non-hydrogen) atoms. The Kier molecular flexibility index (Phi) is 4.28. The number of para-hydroxylation sites is 1. The molecule has 0 aliphatic carbocycles. The van der Waals surface area contributed by atoms with Crippen molar-refractivity contribution in [3.8, 4) is 0 Å². The summed E-state index contributed by atoms with van der Waals surface area (Å²) in [7, 11) is -3.84. The zero-order valence-electron chi connectivity index (χ0n) is 11.6. The fourth-order valence-corrected chi connectivity index (χ4v) is 3.49. The van der Waals surface area contributed by atoms with Crippen LogP contribution in [0.1, 0.15) is 5.56 Å². The number of benzene rings is 2. The SMILES string of the molecule is Cc1cccc(S(=O)(=O)N(CC(N)=O)c2ccccc2)c1. The Morgan fingerprint density at radius 2 is 1.76 bits per heavy atom. The number of primary amides is 1. The van der Waals surface area contributed by atoms with Gasteiger partial charge >= 0.3 is 0 Å². The topological polar surface area (TPSA) is 80.5 Å². The highest BCUT2D eigenvalue weighted by atomic mass is 32.2. The number of hydrogen-bond donors (Lipinski definition) is 1. The van der Waals surface area contributed by atoms with Gasteiger partial charge in [-0.1, -0.05) is 30.3 Å². The molecule has 0 saturated carbocycles. The van der Waals surface area contributed by atoms with Gasteiger partial charge in [0.05, 0.1) is 10.6 Å². The smallest absolute Gasteiger partial charge is 0.264 e. The van der Waals surface area contributed by atoms with Crippen LogP contribution in [-0.4, -0.2) is 20.9 Å². The molecular weight excluding hydrogens is 288 g/mol. The van der Waals surface area contributed by atoms with Crippen LogP contribution in [-0.2, 0) is 14.8 Å². The van der Waals surface area contributed by atoms with Crippen LogP contribution in [0.15, 0.2) is 59.5 Å². The van der Waals surface area contributed by atoms with Gasteiger partial charge in [0.1, 0.15) is 6.54 Å². The van der Waals surface area contributed by atoms with Crippen LogP contribution in [0.25, 0.3) is 0 Å². The molecule has 2 N–H and O–H groups in total. The molecule has 0 unspecified atom stereocenters. The number of carbonyl (C=O) groups is 1. The molecule has 0 atom stereocenters. The Labute approximate surface area is 124 Å². The molecule has 0 saturated heterocycles. The van der Waals surface area contributed by atoms with Gasteiger partial charge in [0.25, 0.3) is 10.0 Å². The van der Waals surface area contributed by atoms with E-state index in [-0.39, 0.29) is 4.90 Å². The second-order valence-electron chi connectivity index (χ2n) is 4.63.